The van der Waals surface area contributed by atoms with Crippen molar-refractivity contribution in [3.05, 3.63) is 24.3 Å². The molecule has 0 bridgehead atoms. The molecule has 2 fully saturated rings. The highest BCUT2D eigenvalue weighted by molar-refractivity contribution is 5.85. The van der Waals surface area contributed by atoms with E-state index in [1.807, 2.05) is 30.0 Å². The maximum Gasteiger partial charge on any atom is 0.239 e. The minimum Gasteiger partial charge on any atom is -0.492 e. The molecule has 148 valence electrons. The Hall–Kier alpha value is -1.21. The Morgan fingerprint density at radius 3 is 2.50 bits per heavy atom. The zero-order chi connectivity index (χ0) is 16.9. The van der Waals surface area contributed by atoms with E-state index < -0.39 is 0 Å². The van der Waals surface area contributed by atoms with Crippen molar-refractivity contribution in [2.75, 3.05) is 51.3 Å². The van der Waals surface area contributed by atoms with E-state index in [0.29, 0.717) is 6.61 Å². The second kappa shape index (κ2) is 10.8. The van der Waals surface area contributed by atoms with Gasteiger partial charge in [0.15, 0.2) is 0 Å². The second-order valence-corrected chi connectivity index (χ2v) is 6.27. The number of nitrogens with zero attached hydrogens (tertiary/aromatic N) is 2. The number of methoxy groups -OCH3 is 1. The fourth-order valence-corrected chi connectivity index (χ4v) is 3.46. The van der Waals surface area contributed by atoms with Crippen molar-refractivity contribution < 1.29 is 14.3 Å². The van der Waals surface area contributed by atoms with Crippen molar-refractivity contribution in [2.45, 2.75) is 25.5 Å². The Kier molecular flexibility index (Phi) is 9.50. The van der Waals surface area contributed by atoms with E-state index in [0.717, 1.165) is 50.6 Å². The molecule has 1 aromatic rings. The van der Waals surface area contributed by atoms with Crippen molar-refractivity contribution in [1.82, 2.24) is 10.2 Å². The van der Waals surface area contributed by atoms with E-state index in [4.69, 9.17) is 9.47 Å². The molecule has 2 aliphatic rings. The van der Waals surface area contributed by atoms with Crippen LogP contribution < -0.4 is 15.0 Å². The average Bonchev–Trinajstić information content (AvgIpc) is 3.11. The molecule has 0 unspecified atom stereocenters. The molecule has 0 spiro atoms. The lowest BCUT2D eigenvalue weighted by atomic mass is 10.1. The van der Waals surface area contributed by atoms with Crippen LogP contribution in [0.2, 0.25) is 0 Å². The monoisotopic (exact) mass is 405 g/mol. The molecule has 2 atom stereocenters. The van der Waals surface area contributed by atoms with Gasteiger partial charge in [0, 0.05) is 39.8 Å². The van der Waals surface area contributed by atoms with Gasteiger partial charge in [0.2, 0.25) is 5.91 Å². The van der Waals surface area contributed by atoms with Crippen LogP contribution >= 0.6 is 24.8 Å². The number of halogens is 2. The zero-order valence-corrected chi connectivity index (χ0v) is 17.0. The Morgan fingerprint density at radius 1 is 1.19 bits per heavy atom. The number of amides is 1. The van der Waals surface area contributed by atoms with Gasteiger partial charge in [0.05, 0.1) is 24.4 Å². The SMILES string of the molecule is CCOc1ccccc1N1CCN(C(=O)[C@@H]2C[C@H](OC)CN2)CC1.Cl.Cl. The number of nitrogens with one attached hydrogen (secondary N) is 1. The van der Waals surface area contributed by atoms with Gasteiger partial charge in [-0.25, -0.2) is 0 Å². The highest BCUT2D eigenvalue weighted by Crippen LogP contribution is 2.29. The lowest BCUT2D eigenvalue weighted by molar-refractivity contribution is -0.133. The van der Waals surface area contributed by atoms with Gasteiger partial charge in [-0.2, -0.15) is 0 Å². The van der Waals surface area contributed by atoms with E-state index in [9.17, 15) is 4.79 Å². The minimum absolute atomic E-state index is 0. The summed E-state index contributed by atoms with van der Waals surface area (Å²) in [4.78, 5) is 16.9. The normalized spacial score (nSPS) is 22.4. The third kappa shape index (κ3) is 5.16. The predicted octanol–water partition coefficient (Wildman–Crippen LogP) is 1.95. The van der Waals surface area contributed by atoms with Crippen LogP contribution in [0.4, 0.5) is 5.69 Å². The summed E-state index contributed by atoms with van der Waals surface area (Å²) in [6.07, 6.45) is 0.918. The second-order valence-electron chi connectivity index (χ2n) is 6.27. The first-order valence-corrected chi connectivity index (χ1v) is 8.74. The highest BCUT2D eigenvalue weighted by atomic mass is 35.5. The largest absolute Gasteiger partial charge is 0.492 e. The Balaban J connectivity index is 0.00000169. The fourth-order valence-electron chi connectivity index (χ4n) is 3.46. The number of rotatable bonds is 5. The molecule has 3 rings (SSSR count). The summed E-state index contributed by atoms with van der Waals surface area (Å²) in [6.45, 7) is 6.56. The molecule has 0 radical (unpaired) electrons. The van der Waals surface area contributed by atoms with Crippen LogP contribution in [0.3, 0.4) is 0 Å². The van der Waals surface area contributed by atoms with Crippen molar-refractivity contribution in [2.24, 2.45) is 0 Å². The molecule has 2 saturated heterocycles. The van der Waals surface area contributed by atoms with E-state index in [1.54, 1.807) is 7.11 Å². The Morgan fingerprint density at radius 2 is 1.88 bits per heavy atom. The lowest BCUT2D eigenvalue weighted by Crippen LogP contribution is -2.53. The zero-order valence-electron chi connectivity index (χ0n) is 15.3. The summed E-state index contributed by atoms with van der Waals surface area (Å²) >= 11 is 0. The summed E-state index contributed by atoms with van der Waals surface area (Å²) in [7, 11) is 1.70. The molecular formula is C18H29Cl2N3O3. The molecular weight excluding hydrogens is 377 g/mol. The number of piperazine rings is 1. The molecule has 1 aromatic carbocycles. The lowest BCUT2D eigenvalue weighted by Gasteiger charge is -2.37. The number of anilines is 1. The van der Waals surface area contributed by atoms with Crippen LogP contribution in [-0.4, -0.2) is 69.4 Å². The Bertz CT molecular complexity index is 568. The first kappa shape index (κ1) is 22.8. The fraction of sp³-hybridized carbons (Fsp3) is 0.611. The summed E-state index contributed by atoms with van der Waals surface area (Å²) in [5, 5.41) is 3.27. The van der Waals surface area contributed by atoms with Gasteiger partial charge in [-0.3, -0.25) is 4.79 Å². The van der Waals surface area contributed by atoms with Crippen LogP contribution in [0.15, 0.2) is 24.3 Å². The van der Waals surface area contributed by atoms with Gasteiger partial charge in [0.1, 0.15) is 5.75 Å². The van der Waals surface area contributed by atoms with E-state index in [2.05, 4.69) is 16.3 Å². The summed E-state index contributed by atoms with van der Waals surface area (Å²) in [6, 6.07) is 8.01. The highest BCUT2D eigenvalue weighted by Gasteiger charge is 2.33. The van der Waals surface area contributed by atoms with Crippen molar-refractivity contribution in [1.29, 1.82) is 0 Å². The molecule has 0 aliphatic carbocycles. The third-order valence-corrected chi connectivity index (χ3v) is 4.82. The van der Waals surface area contributed by atoms with E-state index in [-0.39, 0.29) is 42.9 Å². The number of para-hydroxylation sites is 2. The number of carbonyl (C=O) groups excluding carboxylic acids is 1. The maximum absolute atomic E-state index is 12.6. The van der Waals surface area contributed by atoms with Crippen molar-refractivity contribution in [3.63, 3.8) is 0 Å². The maximum atomic E-state index is 12.6. The topological polar surface area (TPSA) is 54.0 Å². The number of hydrogen-bond donors (Lipinski definition) is 1. The molecule has 8 heteroatoms. The molecule has 1 N–H and O–H groups in total. The van der Waals surface area contributed by atoms with Crippen molar-refractivity contribution in [3.8, 4) is 5.75 Å². The molecule has 1 amide bonds. The van der Waals surface area contributed by atoms with Gasteiger partial charge in [-0.15, -0.1) is 24.8 Å². The van der Waals surface area contributed by atoms with Gasteiger partial charge < -0.3 is 24.6 Å². The standard InChI is InChI=1S/C18H27N3O3.2ClH/c1-3-24-17-7-5-4-6-16(17)20-8-10-21(11-9-20)18(22)15-12-14(23-2)13-19-15;;/h4-7,14-15,19H,3,8-13H2,1-2H3;2*1H/t14-,15-;;/m0../s1. The van der Waals surface area contributed by atoms with Crippen LogP contribution in [0.1, 0.15) is 13.3 Å². The molecule has 0 aromatic heterocycles. The van der Waals surface area contributed by atoms with Gasteiger partial charge >= 0.3 is 0 Å². The first-order chi connectivity index (χ1) is 11.7. The Labute approximate surface area is 168 Å². The average molecular weight is 406 g/mol. The summed E-state index contributed by atoms with van der Waals surface area (Å²) < 4.78 is 11.1. The van der Waals surface area contributed by atoms with Gasteiger partial charge in [-0.05, 0) is 25.5 Å². The van der Waals surface area contributed by atoms with E-state index in [1.165, 1.54) is 0 Å². The molecule has 26 heavy (non-hydrogen) atoms. The van der Waals surface area contributed by atoms with Gasteiger partial charge in [0.25, 0.3) is 0 Å². The smallest absolute Gasteiger partial charge is 0.239 e. The predicted molar refractivity (Wildman–Crippen MR) is 108 cm³/mol. The quantitative estimate of drug-likeness (QED) is 0.810. The first-order valence-electron chi connectivity index (χ1n) is 8.74. The summed E-state index contributed by atoms with van der Waals surface area (Å²) in [5.74, 6) is 1.12. The van der Waals surface area contributed by atoms with Gasteiger partial charge in [-0.1, -0.05) is 12.1 Å². The van der Waals surface area contributed by atoms with Crippen molar-refractivity contribution >= 4 is 36.4 Å². The van der Waals surface area contributed by atoms with Crippen LogP contribution in [-0.2, 0) is 9.53 Å². The van der Waals surface area contributed by atoms with Crippen LogP contribution in [0, 0.1) is 0 Å². The molecule has 0 saturated carbocycles. The third-order valence-electron chi connectivity index (χ3n) is 4.82. The van der Waals surface area contributed by atoms with E-state index >= 15 is 0 Å². The number of ether oxygens (including phenoxy) is 2. The molecule has 2 aliphatic heterocycles. The number of benzene rings is 1. The molecule has 6 nitrogen and oxygen atoms in total. The minimum atomic E-state index is -0.0998. The van der Waals surface area contributed by atoms with Crippen LogP contribution in [0.5, 0.6) is 5.75 Å². The van der Waals surface area contributed by atoms with Crippen LogP contribution in [0.25, 0.3) is 0 Å². The number of hydrogen-bond acceptors (Lipinski definition) is 5. The summed E-state index contributed by atoms with van der Waals surface area (Å²) in [5.41, 5.74) is 1.12. The number of carbonyl (C=O) groups is 1. The molecule has 2 heterocycles.